The number of rotatable bonds is 5. The van der Waals surface area contributed by atoms with E-state index in [1.54, 1.807) is 11.7 Å². The molecule has 0 radical (unpaired) electrons. The van der Waals surface area contributed by atoms with Gasteiger partial charge in [-0.05, 0) is 57.0 Å². The molecule has 8 heteroatoms. The number of nitrogens with zero attached hydrogens (tertiary/aromatic N) is 3. The van der Waals surface area contributed by atoms with Gasteiger partial charge in [-0.2, -0.15) is 5.10 Å². The van der Waals surface area contributed by atoms with E-state index in [4.69, 9.17) is 14.5 Å². The summed E-state index contributed by atoms with van der Waals surface area (Å²) in [5, 5.41) is 5.06. The smallest absolute Gasteiger partial charge is 0.268 e. The third-order valence-corrected chi connectivity index (χ3v) is 6.39. The van der Waals surface area contributed by atoms with Crippen LogP contribution < -0.4 is 15.7 Å². The topological polar surface area (TPSA) is 77.7 Å². The molecule has 7 nitrogen and oxygen atoms in total. The van der Waals surface area contributed by atoms with E-state index in [2.05, 4.69) is 10.5 Å². The van der Waals surface area contributed by atoms with Gasteiger partial charge in [-0.1, -0.05) is 6.92 Å². The molecule has 158 valence electrons. The normalized spacial score (nSPS) is 15.8. The highest BCUT2D eigenvalue weighted by molar-refractivity contribution is 7.18. The first-order valence-corrected chi connectivity index (χ1v) is 10.8. The van der Waals surface area contributed by atoms with Crippen LogP contribution in [0.5, 0.6) is 5.75 Å². The van der Waals surface area contributed by atoms with Crippen LogP contribution in [-0.4, -0.2) is 28.0 Å². The fourth-order valence-corrected chi connectivity index (χ4v) is 4.56. The number of anilines is 1. The number of benzene rings is 1. The van der Waals surface area contributed by atoms with Gasteiger partial charge in [0.2, 0.25) is 5.95 Å². The first-order chi connectivity index (χ1) is 14.3. The number of fused-ring (bicyclic) bond motifs is 3. The van der Waals surface area contributed by atoms with Gasteiger partial charge in [-0.25, -0.2) is 15.0 Å². The lowest BCUT2D eigenvalue weighted by Gasteiger charge is -2.29. The SMILES string of the molecule is CCC(C)=NNc1nc2sc3c(c2c(=O)n1-c1ccc(OC)cc1)CC(C)(C)OC3. The molecule has 0 aliphatic carbocycles. The Morgan fingerprint density at radius 2 is 2.10 bits per heavy atom. The van der Waals surface area contributed by atoms with Gasteiger partial charge in [-0.3, -0.25) is 4.79 Å². The van der Waals surface area contributed by atoms with Crippen molar-refractivity contribution in [2.24, 2.45) is 5.10 Å². The number of hydrogen-bond acceptors (Lipinski definition) is 7. The second kappa shape index (κ2) is 7.85. The van der Waals surface area contributed by atoms with Gasteiger partial charge >= 0.3 is 0 Å². The summed E-state index contributed by atoms with van der Waals surface area (Å²) in [6.45, 7) is 8.56. The van der Waals surface area contributed by atoms with Crippen molar-refractivity contribution in [2.75, 3.05) is 12.5 Å². The maximum absolute atomic E-state index is 13.7. The molecule has 0 atom stereocenters. The average molecular weight is 427 g/mol. The highest BCUT2D eigenvalue weighted by Crippen LogP contribution is 2.37. The highest BCUT2D eigenvalue weighted by atomic mass is 32.1. The van der Waals surface area contributed by atoms with E-state index in [1.807, 2.05) is 52.0 Å². The molecule has 0 spiro atoms. The van der Waals surface area contributed by atoms with Crippen molar-refractivity contribution in [3.05, 3.63) is 45.1 Å². The van der Waals surface area contributed by atoms with E-state index in [0.717, 1.165) is 28.3 Å². The summed E-state index contributed by atoms with van der Waals surface area (Å²) in [6, 6.07) is 7.36. The predicted molar refractivity (Wildman–Crippen MR) is 121 cm³/mol. The first-order valence-electron chi connectivity index (χ1n) is 9.98. The van der Waals surface area contributed by atoms with E-state index in [1.165, 1.54) is 11.3 Å². The van der Waals surface area contributed by atoms with Gasteiger partial charge in [0.1, 0.15) is 10.6 Å². The van der Waals surface area contributed by atoms with Crippen LogP contribution in [0.15, 0.2) is 34.2 Å². The van der Waals surface area contributed by atoms with Crippen LogP contribution >= 0.6 is 11.3 Å². The summed E-state index contributed by atoms with van der Waals surface area (Å²) in [6.07, 6.45) is 1.49. The van der Waals surface area contributed by atoms with Crippen molar-refractivity contribution in [3.8, 4) is 11.4 Å². The van der Waals surface area contributed by atoms with Crippen molar-refractivity contribution >= 4 is 33.2 Å². The molecule has 30 heavy (non-hydrogen) atoms. The summed E-state index contributed by atoms with van der Waals surface area (Å²) >= 11 is 1.52. The molecule has 0 bridgehead atoms. The van der Waals surface area contributed by atoms with E-state index in [-0.39, 0.29) is 11.2 Å². The molecule has 0 unspecified atom stereocenters. The van der Waals surface area contributed by atoms with Crippen LogP contribution in [0.4, 0.5) is 5.95 Å². The fourth-order valence-electron chi connectivity index (χ4n) is 3.46. The monoisotopic (exact) mass is 426 g/mol. The van der Waals surface area contributed by atoms with Crippen LogP contribution in [-0.2, 0) is 17.8 Å². The highest BCUT2D eigenvalue weighted by Gasteiger charge is 2.31. The molecule has 1 aliphatic rings. The molecule has 1 aliphatic heterocycles. The standard InChI is InChI=1S/C22H26N4O3S/c1-6-13(2)24-25-21-23-19-18(16-11-22(3,4)29-12-17(16)30-19)20(27)26(21)14-7-9-15(28-5)10-8-14/h7-10H,6,11-12H2,1-5H3,(H,23,25). The lowest BCUT2D eigenvalue weighted by molar-refractivity contribution is -0.0379. The van der Waals surface area contributed by atoms with E-state index in [0.29, 0.717) is 34.9 Å². The lowest BCUT2D eigenvalue weighted by atomic mass is 9.94. The van der Waals surface area contributed by atoms with Gasteiger partial charge < -0.3 is 9.47 Å². The molecule has 0 amide bonds. The number of aromatic nitrogens is 2. The molecule has 0 saturated carbocycles. The zero-order valence-corrected chi connectivity index (χ0v) is 18.7. The van der Waals surface area contributed by atoms with Gasteiger partial charge in [0.25, 0.3) is 5.56 Å². The van der Waals surface area contributed by atoms with Crippen molar-refractivity contribution in [1.29, 1.82) is 0 Å². The largest absolute Gasteiger partial charge is 0.497 e. The number of thiophene rings is 1. The Bertz CT molecular complexity index is 1180. The Morgan fingerprint density at radius 3 is 2.77 bits per heavy atom. The zero-order valence-electron chi connectivity index (χ0n) is 17.9. The van der Waals surface area contributed by atoms with Crippen LogP contribution in [0.3, 0.4) is 0 Å². The van der Waals surface area contributed by atoms with Gasteiger partial charge in [-0.15, -0.1) is 11.3 Å². The Labute approximate surface area is 179 Å². The van der Waals surface area contributed by atoms with Crippen LogP contribution in [0.25, 0.3) is 15.9 Å². The molecule has 1 aromatic carbocycles. The quantitative estimate of drug-likeness (QED) is 0.480. The third kappa shape index (κ3) is 3.73. The molecule has 0 fully saturated rings. The van der Waals surface area contributed by atoms with E-state index < -0.39 is 0 Å². The van der Waals surface area contributed by atoms with Crippen LogP contribution in [0, 0.1) is 0 Å². The molecule has 3 aromatic rings. The molecule has 2 aromatic heterocycles. The first kappa shape index (κ1) is 20.6. The molecule has 3 heterocycles. The molecule has 4 rings (SSSR count). The van der Waals surface area contributed by atoms with E-state index in [9.17, 15) is 4.79 Å². The average Bonchev–Trinajstić information content (AvgIpc) is 3.08. The van der Waals surface area contributed by atoms with Crippen LogP contribution in [0.1, 0.15) is 44.6 Å². The van der Waals surface area contributed by atoms with Gasteiger partial charge in [0, 0.05) is 17.0 Å². The van der Waals surface area contributed by atoms with Gasteiger partial charge in [0.15, 0.2) is 0 Å². The predicted octanol–water partition coefficient (Wildman–Crippen LogP) is 4.50. The van der Waals surface area contributed by atoms with Crippen molar-refractivity contribution < 1.29 is 9.47 Å². The number of ether oxygens (including phenoxy) is 2. The maximum atomic E-state index is 13.7. The Kier molecular flexibility index (Phi) is 5.38. The summed E-state index contributed by atoms with van der Waals surface area (Å²) in [5.74, 6) is 1.12. The zero-order chi connectivity index (χ0) is 21.5. The Balaban J connectivity index is 1.95. The minimum atomic E-state index is -0.308. The van der Waals surface area contributed by atoms with Crippen molar-refractivity contribution in [1.82, 2.24) is 9.55 Å². The maximum Gasteiger partial charge on any atom is 0.268 e. The number of hydrogen-bond donors (Lipinski definition) is 1. The lowest BCUT2D eigenvalue weighted by Crippen LogP contribution is -2.32. The van der Waals surface area contributed by atoms with Gasteiger partial charge in [0.05, 0.1) is 30.4 Å². The second-order valence-electron chi connectivity index (χ2n) is 8.00. The minimum absolute atomic E-state index is 0.104. The molecular formula is C22H26N4O3S. The second-order valence-corrected chi connectivity index (χ2v) is 9.08. The van der Waals surface area contributed by atoms with Crippen LogP contribution in [0.2, 0.25) is 0 Å². The number of methoxy groups -OCH3 is 1. The molecular weight excluding hydrogens is 400 g/mol. The fraction of sp³-hybridized carbons (Fsp3) is 0.409. The molecule has 0 saturated heterocycles. The molecule has 1 N–H and O–H groups in total. The Hall–Kier alpha value is -2.71. The summed E-state index contributed by atoms with van der Waals surface area (Å²) in [4.78, 5) is 20.3. The van der Waals surface area contributed by atoms with E-state index >= 15 is 0 Å². The summed E-state index contributed by atoms with van der Waals surface area (Å²) < 4.78 is 12.8. The number of hydrazone groups is 1. The van der Waals surface area contributed by atoms with Crippen molar-refractivity contribution in [3.63, 3.8) is 0 Å². The number of nitrogens with one attached hydrogen (secondary N) is 1. The summed E-state index contributed by atoms with van der Waals surface area (Å²) in [7, 11) is 1.62. The minimum Gasteiger partial charge on any atom is -0.497 e. The van der Waals surface area contributed by atoms with Crippen molar-refractivity contribution in [2.45, 2.75) is 52.7 Å². The third-order valence-electron chi connectivity index (χ3n) is 5.29. The Morgan fingerprint density at radius 1 is 1.37 bits per heavy atom. The summed E-state index contributed by atoms with van der Waals surface area (Å²) in [5.41, 5.74) is 5.26.